The lowest BCUT2D eigenvalue weighted by atomic mass is 9.99. The van der Waals surface area contributed by atoms with Gasteiger partial charge in [-0.15, -0.1) is 11.3 Å². The van der Waals surface area contributed by atoms with Crippen molar-refractivity contribution in [3.8, 4) is 0 Å². The molecule has 20 heavy (non-hydrogen) atoms. The van der Waals surface area contributed by atoms with Crippen LogP contribution in [0.3, 0.4) is 0 Å². The molecule has 0 saturated carbocycles. The van der Waals surface area contributed by atoms with Crippen LogP contribution in [-0.4, -0.2) is 5.11 Å². The average Bonchev–Trinajstić information content (AvgIpc) is 2.66. The smallest absolute Gasteiger partial charge is 0.383 e. The van der Waals surface area contributed by atoms with E-state index in [2.05, 4.69) is 15.9 Å². The summed E-state index contributed by atoms with van der Waals surface area (Å²) < 4.78 is 39.6. The second kappa shape index (κ2) is 5.50. The maximum Gasteiger partial charge on any atom is 0.416 e. The van der Waals surface area contributed by atoms with Crippen molar-refractivity contribution in [3.05, 3.63) is 55.2 Å². The minimum Gasteiger partial charge on any atom is -0.383 e. The van der Waals surface area contributed by atoms with Gasteiger partial charge in [0.25, 0.3) is 0 Å². The molecule has 0 radical (unpaired) electrons. The largest absolute Gasteiger partial charge is 0.416 e. The van der Waals surface area contributed by atoms with Crippen molar-refractivity contribution in [3.63, 3.8) is 0 Å². The predicted molar refractivity (Wildman–Crippen MR) is 77.0 cm³/mol. The van der Waals surface area contributed by atoms with Crippen LogP contribution in [0.1, 0.15) is 32.5 Å². The molecular formula is C14H12BrF3OS. The SMILES string of the molecule is Cc1cc(C)c(C(O)c2ccc(Br)cc2C(F)(F)F)s1. The van der Waals surface area contributed by atoms with E-state index < -0.39 is 17.8 Å². The minimum absolute atomic E-state index is 0.120. The maximum atomic E-state index is 13.1. The van der Waals surface area contributed by atoms with Gasteiger partial charge in [-0.05, 0) is 43.2 Å². The highest BCUT2D eigenvalue weighted by molar-refractivity contribution is 9.10. The average molecular weight is 365 g/mol. The van der Waals surface area contributed by atoms with Gasteiger partial charge in [0.05, 0.1) is 5.56 Å². The Morgan fingerprint density at radius 1 is 1.20 bits per heavy atom. The lowest BCUT2D eigenvalue weighted by Crippen LogP contribution is -2.12. The van der Waals surface area contributed by atoms with Crippen LogP contribution in [0, 0.1) is 13.8 Å². The van der Waals surface area contributed by atoms with E-state index in [-0.39, 0.29) is 5.56 Å². The molecule has 1 atom stereocenters. The molecule has 2 rings (SSSR count). The van der Waals surface area contributed by atoms with E-state index in [0.29, 0.717) is 9.35 Å². The van der Waals surface area contributed by atoms with Crippen molar-refractivity contribution >= 4 is 27.3 Å². The first-order valence-electron chi connectivity index (χ1n) is 5.82. The zero-order valence-electron chi connectivity index (χ0n) is 10.8. The molecule has 1 aromatic heterocycles. The van der Waals surface area contributed by atoms with E-state index in [0.717, 1.165) is 16.5 Å². The number of aliphatic hydroxyl groups excluding tert-OH is 1. The fourth-order valence-electron chi connectivity index (χ4n) is 2.08. The zero-order chi connectivity index (χ0) is 15.1. The van der Waals surface area contributed by atoms with Crippen molar-refractivity contribution < 1.29 is 18.3 Å². The van der Waals surface area contributed by atoms with Gasteiger partial charge in [-0.3, -0.25) is 0 Å². The Morgan fingerprint density at radius 2 is 1.85 bits per heavy atom. The molecule has 2 aromatic rings. The monoisotopic (exact) mass is 364 g/mol. The fourth-order valence-corrected chi connectivity index (χ4v) is 3.49. The molecule has 0 aliphatic heterocycles. The summed E-state index contributed by atoms with van der Waals surface area (Å²) in [6.07, 6.45) is -5.77. The van der Waals surface area contributed by atoms with Crippen LogP contribution in [0.2, 0.25) is 0 Å². The molecule has 0 spiro atoms. The molecule has 1 nitrogen and oxygen atoms in total. The van der Waals surface area contributed by atoms with Crippen LogP contribution >= 0.6 is 27.3 Å². The first kappa shape index (κ1) is 15.5. The number of thiophene rings is 1. The molecule has 1 unspecified atom stereocenters. The Labute approximate surface area is 127 Å². The van der Waals surface area contributed by atoms with E-state index in [1.165, 1.54) is 23.5 Å². The lowest BCUT2D eigenvalue weighted by molar-refractivity contribution is -0.139. The number of hydrogen-bond donors (Lipinski definition) is 1. The minimum atomic E-state index is -4.50. The van der Waals surface area contributed by atoms with Crippen LogP contribution in [-0.2, 0) is 6.18 Å². The summed E-state index contributed by atoms with van der Waals surface area (Å²) in [5.74, 6) is 0. The summed E-state index contributed by atoms with van der Waals surface area (Å²) in [6, 6.07) is 5.67. The number of halogens is 4. The van der Waals surface area contributed by atoms with Crippen molar-refractivity contribution in [2.75, 3.05) is 0 Å². The number of aryl methyl sites for hydroxylation is 2. The third kappa shape index (κ3) is 3.07. The molecule has 0 aliphatic rings. The quantitative estimate of drug-likeness (QED) is 0.773. The van der Waals surface area contributed by atoms with Crippen LogP contribution in [0.4, 0.5) is 13.2 Å². The van der Waals surface area contributed by atoms with Gasteiger partial charge >= 0.3 is 6.18 Å². The standard InChI is InChI=1S/C14H12BrF3OS/c1-7-5-8(2)20-13(7)12(19)10-4-3-9(15)6-11(10)14(16,17)18/h3-6,12,19H,1-2H3. The van der Waals surface area contributed by atoms with Gasteiger partial charge in [-0.2, -0.15) is 13.2 Å². The number of aliphatic hydroxyl groups is 1. The molecule has 0 amide bonds. The molecule has 1 heterocycles. The summed E-state index contributed by atoms with van der Waals surface area (Å²) in [6.45, 7) is 3.65. The number of hydrogen-bond acceptors (Lipinski definition) is 2. The van der Waals surface area contributed by atoms with Gasteiger partial charge in [0.15, 0.2) is 0 Å². The number of rotatable bonds is 2. The molecular weight excluding hydrogens is 353 g/mol. The molecule has 6 heteroatoms. The highest BCUT2D eigenvalue weighted by Gasteiger charge is 2.36. The molecule has 0 aliphatic carbocycles. The van der Waals surface area contributed by atoms with Crippen molar-refractivity contribution in [2.24, 2.45) is 0 Å². The summed E-state index contributed by atoms with van der Waals surface area (Å²) >= 11 is 4.35. The second-order valence-electron chi connectivity index (χ2n) is 4.54. The Kier molecular flexibility index (Phi) is 4.27. The molecule has 0 bridgehead atoms. The third-order valence-corrected chi connectivity index (χ3v) is 4.64. The fraction of sp³-hybridized carbons (Fsp3) is 0.286. The van der Waals surface area contributed by atoms with E-state index in [1.54, 1.807) is 6.92 Å². The van der Waals surface area contributed by atoms with Gasteiger partial charge in [0.2, 0.25) is 0 Å². The van der Waals surface area contributed by atoms with Crippen LogP contribution in [0.15, 0.2) is 28.7 Å². The van der Waals surface area contributed by atoms with Crippen LogP contribution < -0.4 is 0 Å². The molecule has 1 N–H and O–H groups in total. The topological polar surface area (TPSA) is 20.2 Å². The Bertz CT molecular complexity index is 634. The highest BCUT2D eigenvalue weighted by Crippen LogP contribution is 2.40. The molecule has 1 aromatic carbocycles. The summed E-state index contributed by atoms with van der Waals surface area (Å²) in [5.41, 5.74) is -0.133. The van der Waals surface area contributed by atoms with E-state index in [9.17, 15) is 18.3 Å². The Hall–Kier alpha value is -0.850. The zero-order valence-corrected chi connectivity index (χ0v) is 13.2. The van der Waals surface area contributed by atoms with Gasteiger partial charge in [-0.25, -0.2) is 0 Å². The van der Waals surface area contributed by atoms with Gasteiger partial charge in [0, 0.05) is 14.2 Å². The Balaban J connectivity index is 2.55. The third-order valence-electron chi connectivity index (χ3n) is 2.94. The number of benzene rings is 1. The highest BCUT2D eigenvalue weighted by atomic mass is 79.9. The second-order valence-corrected chi connectivity index (χ2v) is 6.74. The van der Waals surface area contributed by atoms with E-state index in [1.807, 2.05) is 13.0 Å². The summed E-state index contributed by atoms with van der Waals surface area (Å²) in [7, 11) is 0. The van der Waals surface area contributed by atoms with Gasteiger partial charge in [0.1, 0.15) is 6.10 Å². The first-order valence-corrected chi connectivity index (χ1v) is 7.42. The van der Waals surface area contributed by atoms with Crippen LogP contribution in [0.25, 0.3) is 0 Å². The number of alkyl halides is 3. The van der Waals surface area contributed by atoms with E-state index >= 15 is 0 Å². The normalized spacial score (nSPS) is 13.6. The first-order chi connectivity index (χ1) is 9.20. The van der Waals surface area contributed by atoms with Crippen molar-refractivity contribution in [1.29, 1.82) is 0 Å². The molecule has 0 saturated heterocycles. The summed E-state index contributed by atoms with van der Waals surface area (Å²) in [5, 5.41) is 10.3. The molecule has 0 fully saturated rings. The predicted octanol–water partition coefficient (Wildman–Crippen LogP) is 5.23. The van der Waals surface area contributed by atoms with Crippen LogP contribution in [0.5, 0.6) is 0 Å². The molecule has 108 valence electrons. The van der Waals surface area contributed by atoms with Gasteiger partial charge in [-0.1, -0.05) is 22.0 Å². The lowest BCUT2D eigenvalue weighted by Gasteiger charge is -2.18. The summed E-state index contributed by atoms with van der Waals surface area (Å²) in [4.78, 5) is 1.51. The maximum absolute atomic E-state index is 13.1. The Morgan fingerprint density at radius 3 is 2.35 bits per heavy atom. The van der Waals surface area contributed by atoms with Crippen molar-refractivity contribution in [1.82, 2.24) is 0 Å². The van der Waals surface area contributed by atoms with Crippen molar-refractivity contribution in [2.45, 2.75) is 26.1 Å². The van der Waals surface area contributed by atoms with Gasteiger partial charge < -0.3 is 5.11 Å². The van der Waals surface area contributed by atoms with E-state index in [4.69, 9.17) is 0 Å².